The molecular formula is C21H24F2N5O6P. The van der Waals surface area contributed by atoms with Gasteiger partial charge >= 0.3 is 7.82 Å². The SMILES string of the molecule is C[C@@H]1[C@@H](COP2(=O)OCC[C@@H](c3cc(F)ccc3F)O2)O[C@@H](n2cnc3c(N)ncnc32)[C@]1(C)O. The van der Waals surface area contributed by atoms with E-state index in [1.165, 1.54) is 12.7 Å². The van der Waals surface area contributed by atoms with Gasteiger partial charge in [-0.3, -0.25) is 18.1 Å². The van der Waals surface area contributed by atoms with Crippen LogP contribution in [0.3, 0.4) is 0 Å². The minimum absolute atomic E-state index is 0.0402. The third kappa shape index (κ3) is 4.32. The number of nitrogen functional groups attached to an aromatic ring is 1. The number of phosphoric ester groups is 1. The lowest BCUT2D eigenvalue weighted by Gasteiger charge is -2.30. The number of phosphoric acid groups is 1. The van der Waals surface area contributed by atoms with Crippen LogP contribution in [0.1, 0.15) is 38.2 Å². The molecule has 6 atom stereocenters. The molecule has 3 N–H and O–H groups in total. The average molecular weight is 511 g/mol. The van der Waals surface area contributed by atoms with Gasteiger partial charge in [0.2, 0.25) is 0 Å². The van der Waals surface area contributed by atoms with E-state index >= 15 is 0 Å². The summed E-state index contributed by atoms with van der Waals surface area (Å²) in [6, 6.07) is 2.95. The summed E-state index contributed by atoms with van der Waals surface area (Å²) in [5, 5.41) is 11.2. The highest BCUT2D eigenvalue weighted by Gasteiger charge is 2.52. The van der Waals surface area contributed by atoms with Gasteiger partial charge in [0.15, 0.2) is 17.7 Å². The molecule has 2 aliphatic heterocycles. The highest BCUT2D eigenvalue weighted by molar-refractivity contribution is 7.48. The molecule has 1 aromatic carbocycles. The van der Waals surface area contributed by atoms with E-state index in [1.807, 2.05) is 0 Å². The summed E-state index contributed by atoms with van der Waals surface area (Å²) >= 11 is 0. The molecule has 0 radical (unpaired) electrons. The summed E-state index contributed by atoms with van der Waals surface area (Å²) in [6.45, 7) is 3.05. The van der Waals surface area contributed by atoms with E-state index in [0.717, 1.165) is 18.2 Å². The summed E-state index contributed by atoms with van der Waals surface area (Å²) in [6.07, 6.45) is 0.248. The Labute approximate surface area is 198 Å². The molecule has 35 heavy (non-hydrogen) atoms. The molecule has 11 nitrogen and oxygen atoms in total. The van der Waals surface area contributed by atoms with E-state index in [9.17, 15) is 18.5 Å². The van der Waals surface area contributed by atoms with Crippen LogP contribution in [0.15, 0.2) is 30.9 Å². The third-order valence-electron chi connectivity index (χ3n) is 6.51. The molecule has 188 valence electrons. The zero-order valence-electron chi connectivity index (χ0n) is 18.9. The Morgan fingerprint density at radius 1 is 1.34 bits per heavy atom. The lowest BCUT2D eigenvalue weighted by molar-refractivity contribution is -0.0887. The van der Waals surface area contributed by atoms with Crippen LogP contribution in [0.25, 0.3) is 11.2 Å². The Bertz CT molecular complexity index is 1310. The number of nitrogens with two attached hydrogens (primary N) is 1. The van der Waals surface area contributed by atoms with Gasteiger partial charge in [-0.1, -0.05) is 6.92 Å². The number of ether oxygens (including phenoxy) is 1. The number of rotatable bonds is 5. The minimum atomic E-state index is -4.12. The molecule has 0 saturated carbocycles. The molecule has 0 amide bonds. The first-order valence-corrected chi connectivity index (χ1v) is 12.4. The monoisotopic (exact) mass is 511 g/mol. The van der Waals surface area contributed by atoms with Crippen LogP contribution in [0.5, 0.6) is 0 Å². The summed E-state index contributed by atoms with van der Waals surface area (Å²) < 4.78 is 64.7. The predicted molar refractivity (Wildman–Crippen MR) is 118 cm³/mol. The Morgan fingerprint density at radius 3 is 2.94 bits per heavy atom. The van der Waals surface area contributed by atoms with Gasteiger partial charge in [0.05, 0.1) is 31.7 Å². The topological polar surface area (TPSA) is 144 Å². The summed E-state index contributed by atoms with van der Waals surface area (Å²) in [5.41, 5.74) is 5.13. The second-order valence-corrected chi connectivity index (χ2v) is 10.4. The highest BCUT2D eigenvalue weighted by atomic mass is 31.2. The zero-order chi connectivity index (χ0) is 25.0. The number of nitrogens with zero attached hydrogens (tertiary/aromatic N) is 4. The fourth-order valence-corrected chi connectivity index (χ4v) is 5.70. The molecule has 1 unspecified atom stereocenters. The molecule has 5 rings (SSSR count). The molecule has 0 bridgehead atoms. The molecule has 0 spiro atoms. The maximum Gasteiger partial charge on any atom is 0.475 e. The van der Waals surface area contributed by atoms with Crippen molar-refractivity contribution < 1.29 is 36.8 Å². The van der Waals surface area contributed by atoms with Crippen LogP contribution in [-0.2, 0) is 22.9 Å². The van der Waals surface area contributed by atoms with E-state index in [2.05, 4.69) is 15.0 Å². The van der Waals surface area contributed by atoms with Gasteiger partial charge in [-0.2, -0.15) is 0 Å². The summed E-state index contributed by atoms with van der Waals surface area (Å²) in [7, 11) is -4.12. The largest absolute Gasteiger partial charge is 0.475 e. The van der Waals surface area contributed by atoms with Crippen LogP contribution >= 0.6 is 7.82 Å². The molecule has 2 aromatic heterocycles. The van der Waals surface area contributed by atoms with Gasteiger partial charge in [-0.15, -0.1) is 0 Å². The Morgan fingerprint density at radius 2 is 2.14 bits per heavy atom. The fourth-order valence-electron chi connectivity index (χ4n) is 4.31. The van der Waals surface area contributed by atoms with Crippen molar-refractivity contribution in [3.63, 3.8) is 0 Å². The van der Waals surface area contributed by atoms with Gasteiger partial charge in [0.25, 0.3) is 0 Å². The fraction of sp³-hybridized carbons (Fsp3) is 0.476. The van der Waals surface area contributed by atoms with Crippen molar-refractivity contribution in [3.8, 4) is 0 Å². The number of halogens is 2. The normalized spacial score (nSPS) is 33.4. The molecule has 2 fully saturated rings. The molecule has 2 saturated heterocycles. The number of anilines is 1. The second kappa shape index (κ2) is 8.84. The lowest BCUT2D eigenvalue weighted by atomic mass is 9.88. The minimum Gasteiger partial charge on any atom is -0.385 e. The van der Waals surface area contributed by atoms with E-state index < -0.39 is 49.4 Å². The first-order chi connectivity index (χ1) is 16.6. The van der Waals surface area contributed by atoms with E-state index in [0.29, 0.717) is 11.2 Å². The van der Waals surface area contributed by atoms with Gasteiger partial charge in [-0.05, 0) is 25.1 Å². The molecule has 14 heteroatoms. The number of fused-ring (bicyclic) bond motifs is 1. The second-order valence-electron chi connectivity index (χ2n) is 8.75. The Balaban J connectivity index is 1.32. The smallest absolute Gasteiger partial charge is 0.385 e. The van der Waals surface area contributed by atoms with Crippen molar-refractivity contribution in [2.75, 3.05) is 18.9 Å². The Hall–Kier alpha value is -2.54. The first kappa shape index (κ1) is 24.2. The third-order valence-corrected chi connectivity index (χ3v) is 7.99. The standard InChI is InChI=1S/C21H24F2N5O6P/c1-11-16(33-20(21(11,2)29)28-10-27-17-18(24)25-9-26-19(17)28)8-32-35(30)31-6-5-15(34-35)13-7-12(22)3-4-14(13)23/h3-4,7,9-11,15-16,20,29H,5-6,8H2,1-2H3,(H2,24,25,26)/t11-,15+,16-,20-,21-,35?/m1/s1. The van der Waals surface area contributed by atoms with Crippen LogP contribution in [-0.4, -0.2) is 49.5 Å². The molecule has 2 aliphatic rings. The van der Waals surface area contributed by atoms with E-state index in [-0.39, 0.29) is 31.0 Å². The summed E-state index contributed by atoms with van der Waals surface area (Å²) in [5.74, 6) is -1.63. The maximum absolute atomic E-state index is 14.2. The number of hydrogen-bond acceptors (Lipinski definition) is 10. The van der Waals surface area contributed by atoms with Crippen molar-refractivity contribution in [1.29, 1.82) is 0 Å². The number of imidazole rings is 1. The van der Waals surface area contributed by atoms with E-state index in [4.69, 9.17) is 24.0 Å². The number of benzene rings is 1. The zero-order valence-corrected chi connectivity index (χ0v) is 19.8. The van der Waals surface area contributed by atoms with Gasteiger partial charge < -0.3 is 15.6 Å². The quantitative estimate of drug-likeness (QED) is 0.490. The average Bonchev–Trinajstić information content (AvgIpc) is 3.34. The number of aliphatic hydroxyl groups is 1. The van der Waals surface area contributed by atoms with Crippen LogP contribution in [0.2, 0.25) is 0 Å². The number of hydrogen-bond donors (Lipinski definition) is 2. The predicted octanol–water partition coefficient (Wildman–Crippen LogP) is 3.27. The van der Waals surface area contributed by atoms with Crippen molar-refractivity contribution in [1.82, 2.24) is 19.5 Å². The van der Waals surface area contributed by atoms with Crippen molar-refractivity contribution in [2.45, 2.75) is 44.3 Å². The van der Waals surface area contributed by atoms with Gasteiger partial charge in [0, 0.05) is 17.9 Å². The van der Waals surface area contributed by atoms with Crippen LogP contribution in [0.4, 0.5) is 14.6 Å². The van der Waals surface area contributed by atoms with Gasteiger partial charge in [0.1, 0.15) is 29.1 Å². The van der Waals surface area contributed by atoms with Crippen molar-refractivity contribution >= 4 is 24.8 Å². The van der Waals surface area contributed by atoms with Crippen molar-refractivity contribution in [3.05, 3.63) is 48.1 Å². The maximum atomic E-state index is 14.2. The van der Waals surface area contributed by atoms with E-state index in [1.54, 1.807) is 18.4 Å². The molecule has 4 heterocycles. The number of aromatic nitrogens is 4. The molecule has 0 aliphatic carbocycles. The highest BCUT2D eigenvalue weighted by Crippen LogP contribution is 2.58. The van der Waals surface area contributed by atoms with Crippen LogP contribution in [0, 0.1) is 17.6 Å². The first-order valence-electron chi connectivity index (χ1n) is 10.9. The van der Waals surface area contributed by atoms with Gasteiger partial charge in [-0.25, -0.2) is 28.3 Å². The molecular weight excluding hydrogens is 487 g/mol. The Kier molecular flexibility index (Phi) is 6.10. The summed E-state index contributed by atoms with van der Waals surface area (Å²) in [4.78, 5) is 12.3. The molecule has 3 aromatic rings. The lowest BCUT2D eigenvalue weighted by Crippen LogP contribution is -2.38. The van der Waals surface area contributed by atoms with Crippen molar-refractivity contribution in [2.24, 2.45) is 5.92 Å². The van der Waals surface area contributed by atoms with Crippen LogP contribution < -0.4 is 5.73 Å².